The molecule has 0 aliphatic carbocycles. The first-order valence-corrected chi connectivity index (χ1v) is 7.59. The number of H-pyrrole nitrogens is 1. The first-order valence-electron chi connectivity index (χ1n) is 6.60. The third-order valence-electron chi connectivity index (χ3n) is 3.20. The maximum absolute atomic E-state index is 12.0. The minimum absolute atomic E-state index is 0.146. The standard InChI is InChI=1S/C16H15N3OS/c1-10-6-7-11(17)15(8-10)21-9-14-16(20)19-13-5-3-2-4-12(13)18-14/h2-8H,9,17H2,1H3,(H,19,20). The Kier molecular flexibility index (Phi) is 3.66. The molecular formula is C16H15N3OS. The van der Waals surface area contributed by atoms with Crippen molar-refractivity contribution < 1.29 is 0 Å². The molecule has 0 saturated carbocycles. The lowest BCUT2D eigenvalue weighted by molar-refractivity contribution is 1.10. The van der Waals surface area contributed by atoms with Gasteiger partial charge in [-0.25, -0.2) is 4.98 Å². The van der Waals surface area contributed by atoms with E-state index in [9.17, 15) is 4.79 Å². The lowest BCUT2D eigenvalue weighted by atomic mass is 10.2. The Morgan fingerprint density at radius 3 is 2.90 bits per heavy atom. The molecular weight excluding hydrogens is 282 g/mol. The van der Waals surface area contributed by atoms with Gasteiger partial charge in [0.1, 0.15) is 5.69 Å². The van der Waals surface area contributed by atoms with Crippen LogP contribution in [-0.2, 0) is 5.75 Å². The second-order valence-corrected chi connectivity index (χ2v) is 5.88. The van der Waals surface area contributed by atoms with Crippen LogP contribution >= 0.6 is 11.8 Å². The minimum atomic E-state index is -0.146. The number of aromatic amines is 1. The summed E-state index contributed by atoms with van der Waals surface area (Å²) < 4.78 is 0. The number of hydrogen-bond donors (Lipinski definition) is 2. The molecule has 1 aromatic heterocycles. The van der Waals surface area contributed by atoms with Crippen LogP contribution in [0.25, 0.3) is 11.0 Å². The number of anilines is 1. The fourth-order valence-electron chi connectivity index (χ4n) is 2.08. The van der Waals surface area contributed by atoms with Gasteiger partial charge in [0.15, 0.2) is 0 Å². The summed E-state index contributed by atoms with van der Waals surface area (Å²) in [6.07, 6.45) is 0. The van der Waals surface area contributed by atoms with Crippen LogP contribution in [0.2, 0.25) is 0 Å². The van der Waals surface area contributed by atoms with Gasteiger partial charge in [-0.05, 0) is 36.8 Å². The number of hydrogen-bond acceptors (Lipinski definition) is 4. The van der Waals surface area contributed by atoms with Gasteiger partial charge >= 0.3 is 0 Å². The number of benzene rings is 2. The van der Waals surface area contributed by atoms with E-state index in [1.807, 2.05) is 49.4 Å². The summed E-state index contributed by atoms with van der Waals surface area (Å²) in [5.74, 6) is 0.494. The highest BCUT2D eigenvalue weighted by Gasteiger charge is 2.07. The summed E-state index contributed by atoms with van der Waals surface area (Å²) in [6.45, 7) is 2.02. The van der Waals surface area contributed by atoms with Gasteiger partial charge in [-0.3, -0.25) is 4.79 Å². The van der Waals surface area contributed by atoms with E-state index in [2.05, 4.69) is 9.97 Å². The third-order valence-corrected chi connectivity index (χ3v) is 4.29. The van der Waals surface area contributed by atoms with Crippen molar-refractivity contribution in [2.24, 2.45) is 0 Å². The molecule has 1 heterocycles. The highest BCUT2D eigenvalue weighted by molar-refractivity contribution is 7.98. The van der Waals surface area contributed by atoms with Crippen LogP contribution in [0, 0.1) is 6.92 Å². The van der Waals surface area contributed by atoms with Crippen molar-refractivity contribution in [1.82, 2.24) is 9.97 Å². The van der Waals surface area contributed by atoms with Crippen LogP contribution in [0.4, 0.5) is 5.69 Å². The Balaban J connectivity index is 1.90. The Bertz CT molecular complexity index is 858. The van der Waals surface area contributed by atoms with E-state index < -0.39 is 0 Å². The Hall–Kier alpha value is -2.27. The molecule has 3 rings (SSSR count). The van der Waals surface area contributed by atoms with Gasteiger partial charge in [0.05, 0.1) is 11.0 Å². The summed E-state index contributed by atoms with van der Waals surface area (Å²) in [7, 11) is 0. The van der Waals surface area contributed by atoms with Gasteiger partial charge in [-0.2, -0.15) is 0 Å². The molecule has 3 N–H and O–H groups in total. The van der Waals surface area contributed by atoms with Gasteiger partial charge in [0.25, 0.3) is 5.56 Å². The maximum atomic E-state index is 12.0. The van der Waals surface area contributed by atoms with Crippen LogP contribution in [0.15, 0.2) is 52.2 Å². The zero-order valence-electron chi connectivity index (χ0n) is 11.6. The molecule has 0 radical (unpaired) electrons. The lowest BCUT2D eigenvalue weighted by Gasteiger charge is -2.06. The molecule has 5 heteroatoms. The number of nitrogens with zero attached hydrogens (tertiary/aromatic N) is 1. The minimum Gasteiger partial charge on any atom is -0.398 e. The van der Waals surface area contributed by atoms with Crippen molar-refractivity contribution in [2.45, 2.75) is 17.6 Å². The van der Waals surface area contributed by atoms with Crippen molar-refractivity contribution in [2.75, 3.05) is 5.73 Å². The number of para-hydroxylation sites is 2. The molecule has 0 spiro atoms. The molecule has 0 atom stereocenters. The number of aromatic nitrogens is 2. The van der Waals surface area contributed by atoms with Gasteiger partial charge in [0.2, 0.25) is 0 Å². The molecule has 0 bridgehead atoms. The van der Waals surface area contributed by atoms with Crippen LogP contribution in [0.1, 0.15) is 11.3 Å². The molecule has 0 unspecified atom stereocenters. The SMILES string of the molecule is Cc1ccc(N)c(SCc2nc3ccccc3[nH]c2=O)c1. The summed E-state index contributed by atoms with van der Waals surface area (Å²) in [5.41, 5.74) is 9.74. The van der Waals surface area contributed by atoms with Gasteiger partial charge in [-0.1, -0.05) is 18.2 Å². The number of nitrogens with two attached hydrogens (primary N) is 1. The van der Waals surface area contributed by atoms with E-state index in [1.165, 1.54) is 11.8 Å². The molecule has 0 aliphatic rings. The fourth-order valence-corrected chi connectivity index (χ4v) is 3.07. The molecule has 0 saturated heterocycles. The van der Waals surface area contributed by atoms with Crippen molar-refractivity contribution in [3.05, 3.63) is 64.1 Å². The highest BCUT2D eigenvalue weighted by Crippen LogP contribution is 2.28. The van der Waals surface area contributed by atoms with E-state index in [0.717, 1.165) is 27.2 Å². The van der Waals surface area contributed by atoms with Crippen molar-refractivity contribution in [3.63, 3.8) is 0 Å². The fraction of sp³-hybridized carbons (Fsp3) is 0.125. The molecule has 3 aromatic rings. The Morgan fingerprint density at radius 1 is 1.24 bits per heavy atom. The summed E-state index contributed by atoms with van der Waals surface area (Å²) in [4.78, 5) is 20.3. The van der Waals surface area contributed by atoms with Crippen LogP contribution in [-0.4, -0.2) is 9.97 Å². The molecule has 21 heavy (non-hydrogen) atoms. The Morgan fingerprint density at radius 2 is 2.05 bits per heavy atom. The molecule has 0 amide bonds. The van der Waals surface area contributed by atoms with E-state index in [0.29, 0.717) is 11.4 Å². The van der Waals surface area contributed by atoms with Crippen molar-refractivity contribution >= 4 is 28.5 Å². The molecule has 0 aliphatic heterocycles. The quantitative estimate of drug-likeness (QED) is 0.575. The second kappa shape index (κ2) is 5.61. The largest absolute Gasteiger partial charge is 0.398 e. The summed E-state index contributed by atoms with van der Waals surface area (Å²) in [5, 5.41) is 0. The number of rotatable bonds is 3. The van der Waals surface area contributed by atoms with Gasteiger partial charge in [0, 0.05) is 16.3 Å². The second-order valence-electron chi connectivity index (χ2n) is 4.86. The molecule has 0 fully saturated rings. The van der Waals surface area contributed by atoms with Gasteiger partial charge < -0.3 is 10.7 Å². The summed E-state index contributed by atoms with van der Waals surface area (Å²) >= 11 is 1.53. The maximum Gasteiger partial charge on any atom is 0.271 e. The third kappa shape index (κ3) is 2.92. The smallest absolute Gasteiger partial charge is 0.271 e. The van der Waals surface area contributed by atoms with Crippen molar-refractivity contribution in [3.8, 4) is 0 Å². The van der Waals surface area contributed by atoms with E-state index in [1.54, 1.807) is 0 Å². The zero-order valence-corrected chi connectivity index (χ0v) is 12.4. The zero-order chi connectivity index (χ0) is 14.8. The number of thioether (sulfide) groups is 1. The number of nitrogen functional groups attached to an aromatic ring is 1. The molecule has 2 aromatic carbocycles. The predicted molar refractivity (Wildman–Crippen MR) is 87.5 cm³/mol. The topological polar surface area (TPSA) is 71.8 Å². The first-order chi connectivity index (χ1) is 10.1. The van der Waals surface area contributed by atoms with Gasteiger partial charge in [-0.15, -0.1) is 11.8 Å². The number of fused-ring (bicyclic) bond motifs is 1. The monoisotopic (exact) mass is 297 g/mol. The van der Waals surface area contributed by atoms with Crippen LogP contribution in [0.3, 0.4) is 0 Å². The molecule has 106 valence electrons. The molecule has 4 nitrogen and oxygen atoms in total. The van der Waals surface area contributed by atoms with Crippen molar-refractivity contribution in [1.29, 1.82) is 0 Å². The average Bonchev–Trinajstić information content (AvgIpc) is 2.48. The predicted octanol–water partition coefficient (Wildman–Crippen LogP) is 3.11. The van der Waals surface area contributed by atoms with E-state index in [4.69, 9.17) is 5.73 Å². The van der Waals surface area contributed by atoms with Crippen LogP contribution in [0.5, 0.6) is 0 Å². The number of nitrogens with one attached hydrogen (secondary N) is 1. The van der Waals surface area contributed by atoms with E-state index in [-0.39, 0.29) is 5.56 Å². The lowest BCUT2D eigenvalue weighted by Crippen LogP contribution is -2.14. The Labute approximate surface area is 126 Å². The average molecular weight is 297 g/mol. The van der Waals surface area contributed by atoms with E-state index >= 15 is 0 Å². The number of aryl methyl sites for hydroxylation is 1. The normalized spacial score (nSPS) is 10.9. The summed E-state index contributed by atoms with van der Waals surface area (Å²) in [6, 6.07) is 13.4. The highest BCUT2D eigenvalue weighted by atomic mass is 32.2. The first kappa shape index (κ1) is 13.7. The van der Waals surface area contributed by atoms with Crippen LogP contribution < -0.4 is 11.3 Å².